The molecule has 0 radical (unpaired) electrons. The molecular weight excluding hydrogens is 202 g/mol. The molecule has 2 fully saturated rings. The van der Waals surface area contributed by atoms with E-state index in [2.05, 4.69) is 38.3 Å². The van der Waals surface area contributed by atoms with Crippen LogP contribution in [0.4, 0.5) is 0 Å². The van der Waals surface area contributed by atoms with Crippen LogP contribution in [0.1, 0.15) is 40.0 Å². The molecular formula is C13H25NS. The van der Waals surface area contributed by atoms with Crippen molar-refractivity contribution in [1.82, 2.24) is 4.90 Å². The monoisotopic (exact) mass is 227 g/mol. The zero-order valence-corrected chi connectivity index (χ0v) is 11.3. The van der Waals surface area contributed by atoms with E-state index in [1.54, 1.807) is 0 Å². The molecule has 2 rings (SSSR count). The SMILES string of the molecule is CC1CC(C)C(C)N(CC2(CS)CC2)C1. The van der Waals surface area contributed by atoms with E-state index in [-0.39, 0.29) is 0 Å². The van der Waals surface area contributed by atoms with E-state index >= 15 is 0 Å². The second-order valence-corrected chi connectivity index (χ2v) is 6.46. The van der Waals surface area contributed by atoms with Crippen molar-refractivity contribution in [1.29, 1.82) is 0 Å². The Kier molecular flexibility index (Phi) is 3.37. The number of rotatable bonds is 3. The first kappa shape index (κ1) is 11.8. The number of hydrogen-bond acceptors (Lipinski definition) is 2. The average molecular weight is 227 g/mol. The Morgan fingerprint density at radius 3 is 2.47 bits per heavy atom. The van der Waals surface area contributed by atoms with Crippen LogP contribution in [-0.4, -0.2) is 29.8 Å². The van der Waals surface area contributed by atoms with E-state index in [0.29, 0.717) is 5.41 Å². The Labute approximate surface area is 100 Å². The minimum absolute atomic E-state index is 0.591. The predicted octanol–water partition coefficient (Wildman–Crippen LogP) is 3.06. The lowest BCUT2D eigenvalue weighted by atomic mass is 9.85. The lowest BCUT2D eigenvalue weighted by molar-refractivity contribution is 0.0639. The molecule has 0 spiro atoms. The fourth-order valence-corrected chi connectivity index (χ4v) is 3.43. The van der Waals surface area contributed by atoms with Crippen molar-refractivity contribution in [2.75, 3.05) is 18.8 Å². The zero-order chi connectivity index (χ0) is 11.1. The van der Waals surface area contributed by atoms with Crippen molar-refractivity contribution in [2.24, 2.45) is 17.3 Å². The van der Waals surface area contributed by atoms with Crippen LogP contribution in [0, 0.1) is 17.3 Å². The van der Waals surface area contributed by atoms with Gasteiger partial charge in [0.05, 0.1) is 0 Å². The minimum Gasteiger partial charge on any atom is -0.300 e. The molecule has 0 aromatic carbocycles. The maximum absolute atomic E-state index is 4.51. The highest BCUT2D eigenvalue weighted by atomic mass is 32.1. The molecule has 15 heavy (non-hydrogen) atoms. The largest absolute Gasteiger partial charge is 0.300 e. The standard InChI is InChI=1S/C13H25NS/c1-10-6-11(2)12(3)14(7-10)8-13(9-15)4-5-13/h10-12,15H,4-9H2,1-3H3. The Morgan fingerprint density at radius 1 is 1.27 bits per heavy atom. The van der Waals surface area contributed by atoms with Crippen molar-refractivity contribution in [3.63, 3.8) is 0 Å². The summed E-state index contributed by atoms with van der Waals surface area (Å²) in [5, 5.41) is 0. The van der Waals surface area contributed by atoms with Gasteiger partial charge in [-0.25, -0.2) is 0 Å². The molecule has 0 amide bonds. The van der Waals surface area contributed by atoms with E-state index in [4.69, 9.17) is 0 Å². The van der Waals surface area contributed by atoms with Gasteiger partial charge in [0, 0.05) is 19.1 Å². The smallest absolute Gasteiger partial charge is 0.00930 e. The van der Waals surface area contributed by atoms with Gasteiger partial charge in [-0.3, -0.25) is 4.90 Å². The van der Waals surface area contributed by atoms with Gasteiger partial charge >= 0.3 is 0 Å². The number of likely N-dealkylation sites (tertiary alicyclic amines) is 1. The molecule has 0 aromatic rings. The van der Waals surface area contributed by atoms with Gasteiger partial charge in [0.15, 0.2) is 0 Å². The van der Waals surface area contributed by atoms with Crippen LogP contribution in [0.3, 0.4) is 0 Å². The fraction of sp³-hybridized carbons (Fsp3) is 1.00. The minimum atomic E-state index is 0.591. The van der Waals surface area contributed by atoms with Crippen molar-refractivity contribution < 1.29 is 0 Å². The van der Waals surface area contributed by atoms with Gasteiger partial charge in [0.2, 0.25) is 0 Å². The third kappa shape index (κ3) is 2.52. The summed E-state index contributed by atoms with van der Waals surface area (Å²) in [5.74, 6) is 2.83. The van der Waals surface area contributed by atoms with Gasteiger partial charge in [-0.05, 0) is 49.2 Å². The Hall–Kier alpha value is 0.310. The number of nitrogens with zero attached hydrogens (tertiary/aromatic N) is 1. The van der Waals surface area contributed by atoms with Gasteiger partial charge in [-0.2, -0.15) is 12.6 Å². The first-order chi connectivity index (χ1) is 7.06. The molecule has 2 heteroatoms. The molecule has 0 aromatic heterocycles. The lowest BCUT2D eigenvalue weighted by Gasteiger charge is -2.42. The molecule has 1 heterocycles. The second kappa shape index (κ2) is 4.29. The highest BCUT2D eigenvalue weighted by molar-refractivity contribution is 7.80. The van der Waals surface area contributed by atoms with Gasteiger partial charge in [-0.1, -0.05) is 13.8 Å². The first-order valence-corrected chi connectivity index (χ1v) is 7.04. The molecule has 1 aliphatic carbocycles. The average Bonchev–Trinajstić information content (AvgIpc) is 2.94. The second-order valence-electron chi connectivity index (χ2n) is 6.15. The highest BCUT2D eigenvalue weighted by Crippen LogP contribution is 2.48. The van der Waals surface area contributed by atoms with Gasteiger partial charge in [0.25, 0.3) is 0 Å². The van der Waals surface area contributed by atoms with Crippen molar-refractivity contribution >= 4 is 12.6 Å². The molecule has 88 valence electrons. The predicted molar refractivity (Wildman–Crippen MR) is 69.5 cm³/mol. The molecule has 3 unspecified atom stereocenters. The molecule has 0 bridgehead atoms. The van der Waals surface area contributed by atoms with Gasteiger partial charge < -0.3 is 0 Å². The van der Waals surface area contributed by atoms with E-state index in [0.717, 1.165) is 23.6 Å². The number of thiol groups is 1. The maximum Gasteiger partial charge on any atom is 0.00930 e. The van der Waals surface area contributed by atoms with Crippen LogP contribution >= 0.6 is 12.6 Å². The highest BCUT2D eigenvalue weighted by Gasteiger charge is 2.44. The molecule has 1 saturated carbocycles. The van der Waals surface area contributed by atoms with Crippen LogP contribution < -0.4 is 0 Å². The first-order valence-electron chi connectivity index (χ1n) is 6.41. The number of piperidine rings is 1. The molecule has 1 saturated heterocycles. The van der Waals surface area contributed by atoms with Gasteiger partial charge in [-0.15, -0.1) is 0 Å². The summed E-state index contributed by atoms with van der Waals surface area (Å²) in [5.41, 5.74) is 0.591. The Bertz CT molecular complexity index is 225. The zero-order valence-electron chi connectivity index (χ0n) is 10.4. The number of hydrogen-bond donors (Lipinski definition) is 1. The van der Waals surface area contributed by atoms with E-state index in [1.807, 2.05) is 0 Å². The van der Waals surface area contributed by atoms with Crippen LogP contribution in [0.25, 0.3) is 0 Å². The summed E-state index contributed by atoms with van der Waals surface area (Å²) < 4.78 is 0. The summed E-state index contributed by atoms with van der Waals surface area (Å²) in [6.07, 6.45) is 4.22. The molecule has 0 N–H and O–H groups in total. The fourth-order valence-electron chi connectivity index (χ4n) is 3.02. The van der Waals surface area contributed by atoms with E-state index in [9.17, 15) is 0 Å². The molecule has 2 aliphatic rings. The van der Waals surface area contributed by atoms with Crippen molar-refractivity contribution in [3.8, 4) is 0 Å². The quantitative estimate of drug-likeness (QED) is 0.725. The van der Waals surface area contributed by atoms with Crippen LogP contribution in [0.15, 0.2) is 0 Å². The summed E-state index contributed by atoms with van der Waals surface area (Å²) in [4.78, 5) is 2.72. The maximum atomic E-state index is 4.51. The Morgan fingerprint density at radius 2 is 1.93 bits per heavy atom. The topological polar surface area (TPSA) is 3.24 Å². The summed E-state index contributed by atoms with van der Waals surface area (Å²) in [7, 11) is 0. The summed E-state index contributed by atoms with van der Waals surface area (Å²) >= 11 is 4.51. The van der Waals surface area contributed by atoms with E-state index < -0.39 is 0 Å². The summed E-state index contributed by atoms with van der Waals surface area (Å²) in [6, 6.07) is 0.776. The van der Waals surface area contributed by atoms with E-state index in [1.165, 1.54) is 32.4 Å². The Balaban J connectivity index is 1.95. The lowest BCUT2D eigenvalue weighted by Crippen LogP contribution is -2.48. The third-order valence-electron chi connectivity index (χ3n) is 4.55. The molecule has 1 nitrogen and oxygen atoms in total. The van der Waals surface area contributed by atoms with Crippen LogP contribution in [-0.2, 0) is 0 Å². The van der Waals surface area contributed by atoms with Gasteiger partial charge in [0.1, 0.15) is 0 Å². The molecule has 1 aliphatic heterocycles. The van der Waals surface area contributed by atoms with Crippen molar-refractivity contribution in [3.05, 3.63) is 0 Å². The van der Waals surface area contributed by atoms with Crippen molar-refractivity contribution in [2.45, 2.75) is 46.1 Å². The van der Waals surface area contributed by atoms with Crippen LogP contribution in [0.5, 0.6) is 0 Å². The summed E-state index contributed by atoms with van der Waals surface area (Å²) in [6.45, 7) is 9.82. The molecule has 3 atom stereocenters. The normalized spacial score (nSPS) is 40.4. The third-order valence-corrected chi connectivity index (χ3v) is 5.22. The van der Waals surface area contributed by atoms with Crippen LogP contribution in [0.2, 0.25) is 0 Å².